The maximum Gasteiger partial charge on any atom is 0.335 e. The molecule has 10 nitrogen and oxygen atoms in total. The molecular weight excluding hydrogens is 340 g/mol. The number of benzene rings is 1. The van der Waals surface area contributed by atoms with Crippen LogP contribution in [0.25, 0.3) is 0 Å². The number of carbonyl (C=O) groups excluding carboxylic acids is 1. The Morgan fingerprint density at radius 2 is 1.72 bits per heavy atom. The molecule has 0 radical (unpaired) electrons. The first-order chi connectivity index (χ1) is 11.7. The van der Waals surface area contributed by atoms with Crippen molar-refractivity contribution in [1.82, 2.24) is 0 Å². The molecule has 6 N–H and O–H groups in total. The highest BCUT2D eigenvalue weighted by Gasteiger charge is 2.48. The van der Waals surface area contributed by atoms with Gasteiger partial charge in [0.15, 0.2) is 17.6 Å². The monoisotopic (exact) mass is 358 g/mol. The quantitative estimate of drug-likeness (QED) is 0.267. The van der Waals surface area contributed by atoms with Gasteiger partial charge in [-0.05, 0) is 24.1 Å². The number of hydrogen-bond donors (Lipinski definition) is 6. The average molecular weight is 358 g/mol. The van der Waals surface area contributed by atoms with Crippen LogP contribution in [0.1, 0.15) is 12.0 Å². The summed E-state index contributed by atoms with van der Waals surface area (Å²) in [7, 11) is 0. The first kappa shape index (κ1) is 18.9. The van der Waals surface area contributed by atoms with Gasteiger partial charge in [0.1, 0.15) is 18.3 Å². The summed E-state index contributed by atoms with van der Waals surface area (Å²) in [6.45, 7) is 0. The van der Waals surface area contributed by atoms with Gasteiger partial charge < -0.3 is 40.1 Å². The number of rotatable bonds is 5. The first-order valence-corrected chi connectivity index (χ1v) is 7.33. The number of aryl methyl sites for hydroxylation is 1. The van der Waals surface area contributed by atoms with Crippen LogP contribution in [0.15, 0.2) is 18.2 Å². The van der Waals surface area contributed by atoms with E-state index in [4.69, 9.17) is 14.6 Å². The van der Waals surface area contributed by atoms with Crippen molar-refractivity contribution in [3.63, 3.8) is 0 Å². The standard InChI is InChI=1S/C15H18O10/c16-7-3-1-6(5-8(7)17)2-4-9(18)24-15-12(21)10(19)11(20)13(25-15)14(22)23/h1,3,5,10-13,15-17,19-21H,2,4H2,(H,22,23). The van der Waals surface area contributed by atoms with Crippen LogP contribution in [0.2, 0.25) is 0 Å². The molecule has 1 aliphatic rings. The minimum atomic E-state index is -1.87. The van der Waals surface area contributed by atoms with E-state index in [1.54, 1.807) is 0 Å². The van der Waals surface area contributed by atoms with Crippen LogP contribution in [0.3, 0.4) is 0 Å². The van der Waals surface area contributed by atoms with Crippen molar-refractivity contribution < 1.29 is 49.7 Å². The third kappa shape index (κ3) is 4.37. The van der Waals surface area contributed by atoms with Crippen LogP contribution < -0.4 is 0 Å². The van der Waals surface area contributed by atoms with Gasteiger partial charge in [0, 0.05) is 6.42 Å². The number of carbonyl (C=O) groups is 2. The average Bonchev–Trinajstić information content (AvgIpc) is 2.56. The normalized spacial score (nSPS) is 29.2. The lowest BCUT2D eigenvalue weighted by molar-refractivity contribution is -0.286. The van der Waals surface area contributed by atoms with E-state index in [1.807, 2.05) is 0 Å². The molecule has 138 valence electrons. The molecule has 0 spiro atoms. The molecule has 25 heavy (non-hydrogen) atoms. The fourth-order valence-corrected chi connectivity index (χ4v) is 2.31. The van der Waals surface area contributed by atoms with E-state index in [0.717, 1.165) is 0 Å². The number of aromatic hydroxyl groups is 2. The maximum atomic E-state index is 11.8. The van der Waals surface area contributed by atoms with Gasteiger partial charge >= 0.3 is 11.9 Å². The van der Waals surface area contributed by atoms with Crippen molar-refractivity contribution in [2.45, 2.75) is 43.5 Å². The van der Waals surface area contributed by atoms with Crippen molar-refractivity contribution >= 4 is 11.9 Å². The number of esters is 1. The summed E-state index contributed by atoms with van der Waals surface area (Å²) in [5.41, 5.74) is 0.524. The highest BCUT2D eigenvalue weighted by atomic mass is 16.7. The predicted octanol–water partition coefficient (Wildman–Crippen LogP) is -1.53. The summed E-state index contributed by atoms with van der Waals surface area (Å²) in [4.78, 5) is 22.8. The van der Waals surface area contributed by atoms with E-state index in [0.29, 0.717) is 5.56 Å². The van der Waals surface area contributed by atoms with E-state index in [9.17, 15) is 35.1 Å². The molecule has 5 unspecified atom stereocenters. The Balaban J connectivity index is 1.94. The molecule has 5 atom stereocenters. The lowest BCUT2D eigenvalue weighted by atomic mass is 9.99. The molecule has 1 fully saturated rings. The third-order valence-corrected chi connectivity index (χ3v) is 3.72. The Bertz CT molecular complexity index is 645. The summed E-state index contributed by atoms with van der Waals surface area (Å²) in [6, 6.07) is 3.99. The second-order valence-corrected chi connectivity index (χ2v) is 5.55. The zero-order valence-electron chi connectivity index (χ0n) is 12.8. The third-order valence-electron chi connectivity index (χ3n) is 3.72. The summed E-state index contributed by atoms with van der Waals surface area (Å²) in [5.74, 6) is -3.10. The second kappa shape index (κ2) is 7.66. The van der Waals surface area contributed by atoms with E-state index < -0.39 is 42.6 Å². The SMILES string of the molecule is O=C(CCc1ccc(O)c(O)c1)OC1OC(C(=O)O)C(O)C(O)C1O. The fourth-order valence-electron chi connectivity index (χ4n) is 2.31. The maximum absolute atomic E-state index is 11.8. The van der Waals surface area contributed by atoms with E-state index in [-0.39, 0.29) is 24.3 Å². The van der Waals surface area contributed by atoms with E-state index in [1.165, 1.54) is 18.2 Å². The molecule has 0 saturated carbocycles. The largest absolute Gasteiger partial charge is 0.504 e. The first-order valence-electron chi connectivity index (χ1n) is 7.33. The molecule has 2 rings (SSSR count). The number of ether oxygens (including phenoxy) is 2. The molecule has 0 amide bonds. The van der Waals surface area contributed by atoms with E-state index in [2.05, 4.69) is 0 Å². The molecule has 0 aromatic heterocycles. The van der Waals surface area contributed by atoms with Gasteiger partial charge in [-0.15, -0.1) is 0 Å². The lowest BCUT2D eigenvalue weighted by Gasteiger charge is -2.37. The molecular formula is C15H18O10. The molecule has 0 bridgehead atoms. The Kier molecular flexibility index (Phi) is 5.80. The van der Waals surface area contributed by atoms with Crippen LogP contribution in [0.5, 0.6) is 11.5 Å². The van der Waals surface area contributed by atoms with Crippen LogP contribution >= 0.6 is 0 Å². The van der Waals surface area contributed by atoms with Crippen molar-refractivity contribution in [2.75, 3.05) is 0 Å². The molecule has 1 aliphatic heterocycles. The lowest BCUT2D eigenvalue weighted by Crippen LogP contribution is -2.60. The Morgan fingerprint density at radius 3 is 2.32 bits per heavy atom. The van der Waals surface area contributed by atoms with Gasteiger partial charge in [-0.3, -0.25) is 4.79 Å². The Labute approximate surface area is 141 Å². The number of carboxylic acids is 1. The smallest absolute Gasteiger partial charge is 0.335 e. The number of aliphatic hydroxyl groups is 3. The highest BCUT2D eigenvalue weighted by molar-refractivity contribution is 5.73. The van der Waals surface area contributed by atoms with Crippen LogP contribution in [-0.4, -0.2) is 73.3 Å². The van der Waals surface area contributed by atoms with Crippen LogP contribution in [-0.2, 0) is 25.5 Å². The number of aliphatic hydroxyl groups excluding tert-OH is 3. The number of carboxylic acid groups (broad SMARTS) is 1. The van der Waals surface area contributed by atoms with Crippen LogP contribution in [0, 0.1) is 0 Å². The molecule has 1 heterocycles. The van der Waals surface area contributed by atoms with Gasteiger partial charge in [0.05, 0.1) is 0 Å². The minimum Gasteiger partial charge on any atom is -0.504 e. The van der Waals surface area contributed by atoms with Crippen molar-refractivity contribution in [2.24, 2.45) is 0 Å². The molecule has 1 aromatic carbocycles. The topological polar surface area (TPSA) is 174 Å². The Morgan fingerprint density at radius 1 is 1.04 bits per heavy atom. The number of phenols is 2. The van der Waals surface area contributed by atoms with Crippen molar-refractivity contribution in [3.8, 4) is 11.5 Å². The van der Waals surface area contributed by atoms with Gasteiger partial charge in [-0.1, -0.05) is 6.07 Å². The summed E-state index contributed by atoms with van der Waals surface area (Å²) in [5, 5.41) is 56.4. The van der Waals surface area contributed by atoms with Gasteiger partial charge in [-0.25, -0.2) is 4.79 Å². The predicted molar refractivity (Wildman–Crippen MR) is 78.5 cm³/mol. The number of phenolic OH excluding ortho intramolecular Hbond substituents is 2. The summed E-state index contributed by atoms with van der Waals surface area (Å²) >= 11 is 0. The molecule has 1 aromatic rings. The van der Waals surface area contributed by atoms with Gasteiger partial charge in [-0.2, -0.15) is 0 Å². The molecule has 10 heteroatoms. The van der Waals surface area contributed by atoms with Gasteiger partial charge in [0.25, 0.3) is 0 Å². The molecule has 1 saturated heterocycles. The highest BCUT2D eigenvalue weighted by Crippen LogP contribution is 2.26. The zero-order chi connectivity index (χ0) is 18.7. The molecule has 0 aliphatic carbocycles. The van der Waals surface area contributed by atoms with Crippen molar-refractivity contribution in [1.29, 1.82) is 0 Å². The van der Waals surface area contributed by atoms with Gasteiger partial charge in [0.2, 0.25) is 6.29 Å². The van der Waals surface area contributed by atoms with Crippen molar-refractivity contribution in [3.05, 3.63) is 23.8 Å². The fraction of sp³-hybridized carbons (Fsp3) is 0.467. The summed E-state index contributed by atoms with van der Waals surface area (Å²) in [6.07, 6.45) is -9.22. The van der Waals surface area contributed by atoms with Crippen LogP contribution in [0.4, 0.5) is 0 Å². The second-order valence-electron chi connectivity index (χ2n) is 5.55. The Hall–Kier alpha value is -2.40. The minimum absolute atomic E-state index is 0.128. The van der Waals surface area contributed by atoms with E-state index >= 15 is 0 Å². The summed E-state index contributed by atoms with van der Waals surface area (Å²) < 4.78 is 9.65. The number of hydrogen-bond acceptors (Lipinski definition) is 9. The number of aliphatic carboxylic acids is 1. The zero-order valence-corrected chi connectivity index (χ0v) is 12.8.